The molecule has 0 spiro atoms. The molecule has 2 aromatic rings. The number of rotatable bonds is 3. The zero-order valence-corrected chi connectivity index (χ0v) is 8.96. The fraction of sp³-hybridized carbons (Fsp3) is 0.250. The Balaban J connectivity index is 2.04. The average Bonchev–Trinajstić information content (AvgIpc) is 2.97. The van der Waals surface area contributed by atoms with Crippen molar-refractivity contribution < 1.29 is 4.79 Å². The van der Waals surface area contributed by atoms with Crippen molar-refractivity contribution in [3.8, 4) is 0 Å². The van der Waals surface area contributed by atoms with Crippen molar-refractivity contribution in [1.29, 1.82) is 0 Å². The second-order valence-corrected chi connectivity index (χ2v) is 4.84. The zero-order chi connectivity index (χ0) is 10.3. The Bertz CT molecular complexity index is 501. The number of benzene rings is 1. The van der Waals surface area contributed by atoms with E-state index >= 15 is 0 Å². The Kier molecular flexibility index (Phi) is 2.08. The molecule has 1 unspecified atom stereocenters. The number of hydrogen-bond acceptors (Lipinski definition) is 3. The van der Waals surface area contributed by atoms with Crippen molar-refractivity contribution in [3.63, 3.8) is 0 Å². The topological polar surface area (TPSA) is 39.0 Å². The lowest BCUT2D eigenvalue weighted by molar-refractivity contribution is -0.109. The van der Waals surface area contributed by atoms with Crippen LogP contribution in [0, 0.1) is 0 Å². The third-order valence-corrected chi connectivity index (χ3v) is 3.78. The van der Waals surface area contributed by atoms with Gasteiger partial charge < -0.3 is 10.1 Å². The van der Waals surface area contributed by atoms with Crippen LogP contribution in [-0.2, 0) is 4.79 Å². The summed E-state index contributed by atoms with van der Waals surface area (Å²) in [6.45, 7) is 0.963. The molecule has 0 radical (unpaired) electrons. The van der Waals surface area contributed by atoms with E-state index in [9.17, 15) is 4.79 Å². The third kappa shape index (κ3) is 1.58. The number of carbonyl (C=O) groups is 1. The Hall–Kier alpha value is -1.19. The van der Waals surface area contributed by atoms with E-state index in [1.807, 2.05) is 0 Å². The Morgan fingerprint density at radius 2 is 2.33 bits per heavy atom. The third-order valence-electron chi connectivity index (χ3n) is 2.88. The van der Waals surface area contributed by atoms with Crippen LogP contribution in [0.4, 0.5) is 0 Å². The molecule has 3 rings (SSSR count). The molecule has 2 atom stereocenters. The van der Waals surface area contributed by atoms with Gasteiger partial charge in [0.25, 0.3) is 0 Å². The number of nitrogens with one attached hydrogen (secondary N) is 1. The van der Waals surface area contributed by atoms with Gasteiger partial charge in [0.15, 0.2) is 0 Å². The number of carbonyl (C=O) groups excluding carboxylic acids is 1. The summed E-state index contributed by atoms with van der Waals surface area (Å²) in [4.78, 5) is 11.0. The molecule has 76 valence electrons. The van der Waals surface area contributed by atoms with Crippen LogP contribution in [0.3, 0.4) is 0 Å². The van der Waals surface area contributed by atoms with Gasteiger partial charge in [0.2, 0.25) is 0 Å². The first-order chi connectivity index (χ1) is 7.38. The molecule has 1 aliphatic rings. The van der Waals surface area contributed by atoms with E-state index in [1.54, 1.807) is 11.3 Å². The summed E-state index contributed by atoms with van der Waals surface area (Å²) in [5.74, 6) is 0.0225. The summed E-state index contributed by atoms with van der Waals surface area (Å²) in [5, 5.41) is 6.52. The summed E-state index contributed by atoms with van der Waals surface area (Å²) in [5.41, 5.74) is 1.13. The number of hydrogen-bond donors (Lipinski definition) is 1. The van der Waals surface area contributed by atoms with Gasteiger partial charge in [-0.3, -0.25) is 0 Å². The average molecular weight is 217 g/mol. The zero-order valence-electron chi connectivity index (χ0n) is 8.14. The van der Waals surface area contributed by atoms with Crippen molar-refractivity contribution in [2.75, 3.05) is 6.54 Å². The van der Waals surface area contributed by atoms with E-state index in [0.29, 0.717) is 6.04 Å². The first kappa shape index (κ1) is 9.07. The van der Waals surface area contributed by atoms with Gasteiger partial charge >= 0.3 is 0 Å². The lowest BCUT2D eigenvalue weighted by Gasteiger charge is -2.07. The standard InChI is InChI=1S/C12H11NOS/c14-7-10(11-6-13-11)8-1-2-12-9(5-8)3-4-15-12/h1-5,7,10-11,13H,6H2/t10?,11-/m1/s1. The minimum Gasteiger partial charge on any atom is -0.310 e. The highest BCUT2D eigenvalue weighted by Gasteiger charge is 2.31. The van der Waals surface area contributed by atoms with E-state index in [-0.39, 0.29) is 5.92 Å². The monoisotopic (exact) mass is 217 g/mol. The highest BCUT2D eigenvalue weighted by molar-refractivity contribution is 7.17. The molecular weight excluding hydrogens is 206 g/mol. The van der Waals surface area contributed by atoms with Gasteiger partial charge in [-0.15, -0.1) is 11.3 Å². The molecule has 2 nitrogen and oxygen atoms in total. The maximum Gasteiger partial charge on any atom is 0.129 e. The maximum absolute atomic E-state index is 11.0. The van der Waals surface area contributed by atoms with Gasteiger partial charge in [-0.25, -0.2) is 0 Å². The van der Waals surface area contributed by atoms with E-state index in [2.05, 4.69) is 35.0 Å². The Morgan fingerprint density at radius 3 is 3.07 bits per heavy atom. The van der Waals surface area contributed by atoms with Crippen LogP contribution >= 0.6 is 11.3 Å². The molecule has 1 aromatic carbocycles. The molecular formula is C12H11NOS. The number of fused-ring (bicyclic) bond motifs is 1. The van der Waals surface area contributed by atoms with E-state index in [4.69, 9.17) is 0 Å². The summed E-state index contributed by atoms with van der Waals surface area (Å²) >= 11 is 1.74. The van der Waals surface area contributed by atoms with Crippen molar-refractivity contribution in [2.45, 2.75) is 12.0 Å². The highest BCUT2D eigenvalue weighted by Crippen LogP contribution is 2.28. The van der Waals surface area contributed by atoms with E-state index in [0.717, 1.165) is 18.4 Å². The molecule has 0 bridgehead atoms. The molecule has 1 aromatic heterocycles. The van der Waals surface area contributed by atoms with Crippen LogP contribution < -0.4 is 5.32 Å². The molecule has 1 saturated heterocycles. The van der Waals surface area contributed by atoms with Crippen molar-refractivity contribution in [1.82, 2.24) is 5.32 Å². The van der Waals surface area contributed by atoms with Crippen LogP contribution in [0.15, 0.2) is 29.6 Å². The van der Waals surface area contributed by atoms with E-state index < -0.39 is 0 Å². The van der Waals surface area contributed by atoms with Crippen molar-refractivity contribution >= 4 is 27.7 Å². The lowest BCUT2D eigenvalue weighted by atomic mass is 9.96. The second kappa shape index (κ2) is 3.43. The molecule has 0 amide bonds. The van der Waals surface area contributed by atoms with Gasteiger partial charge in [-0.1, -0.05) is 6.07 Å². The van der Waals surface area contributed by atoms with Crippen LogP contribution in [-0.4, -0.2) is 18.9 Å². The minimum absolute atomic E-state index is 0.0225. The summed E-state index contributed by atoms with van der Waals surface area (Å²) in [7, 11) is 0. The van der Waals surface area contributed by atoms with Crippen LogP contribution in [0.2, 0.25) is 0 Å². The molecule has 2 heterocycles. The molecule has 1 N–H and O–H groups in total. The van der Waals surface area contributed by atoms with E-state index in [1.165, 1.54) is 10.1 Å². The smallest absolute Gasteiger partial charge is 0.129 e. The van der Waals surface area contributed by atoms with Crippen LogP contribution in [0.1, 0.15) is 11.5 Å². The van der Waals surface area contributed by atoms with Crippen LogP contribution in [0.25, 0.3) is 10.1 Å². The maximum atomic E-state index is 11.0. The van der Waals surface area contributed by atoms with Gasteiger partial charge in [0.1, 0.15) is 6.29 Å². The highest BCUT2D eigenvalue weighted by atomic mass is 32.1. The van der Waals surface area contributed by atoms with Gasteiger partial charge in [-0.2, -0.15) is 0 Å². The van der Waals surface area contributed by atoms with Crippen molar-refractivity contribution in [2.24, 2.45) is 0 Å². The predicted molar refractivity (Wildman–Crippen MR) is 62.4 cm³/mol. The largest absolute Gasteiger partial charge is 0.310 e. The van der Waals surface area contributed by atoms with Gasteiger partial charge in [0, 0.05) is 17.3 Å². The molecule has 0 saturated carbocycles. The molecule has 1 aliphatic heterocycles. The Morgan fingerprint density at radius 1 is 1.47 bits per heavy atom. The summed E-state index contributed by atoms with van der Waals surface area (Å²) < 4.78 is 1.28. The SMILES string of the molecule is O=CC(c1ccc2sccc2c1)[C@H]1CN1. The lowest BCUT2D eigenvalue weighted by Crippen LogP contribution is -2.09. The molecule has 15 heavy (non-hydrogen) atoms. The molecule has 3 heteroatoms. The van der Waals surface area contributed by atoms with Gasteiger partial charge in [0.05, 0.1) is 5.92 Å². The molecule has 0 aliphatic carbocycles. The predicted octanol–water partition coefficient (Wildman–Crippen LogP) is 2.16. The quantitative estimate of drug-likeness (QED) is 0.632. The number of aldehydes is 1. The van der Waals surface area contributed by atoms with Crippen LogP contribution in [0.5, 0.6) is 0 Å². The summed E-state index contributed by atoms with van der Waals surface area (Å²) in [6.07, 6.45) is 1.05. The second-order valence-electron chi connectivity index (χ2n) is 3.89. The Labute approximate surface area is 91.9 Å². The summed E-state index contributed by atoms with van der Waals surface area (Å²) in [6, 6.07) is 8.77. The normalized spacial score (nSPS) is 21.5. The fourth-order valence-corrected chi connectivity index (χ4v) is 2.69. The molecule has 1 fully saturated rings. The van der Waals surface area contributed by atoms with Crippen molar-refractivity contribution in [3.05, 3.63) is 35.2 Å². The van der Waals surface area contributed by atoms with Gasteiger partial charge in [-0.05, 0) is 34.5 Å². The fourth-order valence-electron chi connectivity index (χ4n) is 1.92. The first-order valence-corrected chi connectivity index (χ1v) is 5.92. The minimum atomic E-state index is 0.0225. The first-order valence-electron chi connectivity index (χ1n) is 5.04. The number of thiophene rings is 1.